The molecule has 204 valence electrons. The molecule has 7 rings (SSSR count). The van der Waals surface area contributed by atoms with Crippen LogP contribution < -0.4 is 19.5 Å². The highest BCUT2D eigenvalue weighted by atomic mass is 16.7. The van der Waals surface area contributed by atoms with E-state index in [-0.39, 0.29) is 24.5 Å². The molecule has 4 aliphatic rings. The van der Waals surface area contributed by atoms with Gasteiger partial charge in [0.1, 0.15) is 28.9 Å². The lowest BCUT2D eigenvalue weighted by atomic mass is 9.96. The number of rotatable bonds is 8. The number of benzene rings is 1. The van der Waals surface area contributed by atoms with Crippen molar-refractivity contribution >= 4 is 22.8 Å². The van der Waals surface area contributed by atoms with Crippen LogP contribution in [0.15, 0.2) is 24.7 Å². The molecule has 1 saturated heterocycles. The van der Waals surface area contributed by atoms with Gasteiger partial charge in [-0.05, 0) is 62.5 Å². The van der Waals surface area contributed by atoms with E-state index in [1.165, 1.54) is 19.2 Å². The average Bonchev–Trinajstić information content (AvgIpc) is 3.84. The van der Waals surface area contributed by atoms with Gasteiger partial charge in [-0.2, -0.15) is 0 Å². The van der Waals surface area contributed by atoms with Crippen molar-refractivity contribution in [1.82, 2.24) is 25.2 Å². The maximum Gasteiger partial charge on any atom is 0.255 e. The number of fused-ring (bicyclic) bond motifs is 2. The van der Waals surface area contributed by atoms with Gasteiger partial charge < -0.3 is 34.5 Å². The summed E-state index contributed by atoms with van der Waals surface area (Å²) in [6.07, 6.45) is 8.13. The number of carbonyl (C=O) groups excluding carboxylic acids is 2. The molecule has 4 heterocycles. The van der Waals surface area contributed by atoms with Gasteiger partial charge in [-0.25, -0.2) is 9.97 Å². The van der Waals surface area contributed by atoms with E-state index in [0.717, 1.165) is 12.8 Å². The molecule has 0 spiro atoms. The van der Waals surface area contributed by atoms with Gasteiger partial charge in [0.25, 0.3) is 11.8 Å². The summed E-state index contributed by atoms with van der Waals surface area (Å²) < 4.78 is 17.6. The lowest BCUT2D eigenvalue weighted by Crippen LogP contribution is -2.46. The van der Waals surface area contributed by atoms with Crippen molar-refractivity contribution in [1.29, 1.82) is 0 Å². The number of carbonyl (C=O) groups is 2. The highest BCUT2D eigenvalue weighted by Gasteiger charge is 2.50. The highest BCUT2D eigenvalue weighted by Crippen LogP contribution is 2.48. The monoisotopic (exact) mass is 533 g/mol. The summed E-state index contributed by atoms with van der Waals surface area (Å²) in [5.41, 5.74) is 1.71. The molecule has 3 fully saturated rings. The number of aromatic amines is 1. The van der Waals surface area contributed by atoms with Gasteiger partial charge in [0, 0.05) is 25.8 Å². The summed E-state index contributed by atoms with van der Waals surface area (Å²) >= 11 is 0. The van der Waals surface area contributed by atoms with E-state index < -0.39 is 5.60 Å². The lowest BCUT2D eigenvalue weighted by molar-refractivity contribution is -0.143. The third-order valence-corrected chi connectivity index (χ3v) is 8.19. The lowest BCUT2D eigenvalue weighted by Gasteiger charge is -2.33. The average molecular weight is 534 g/mol. The number of likely N-dealkylation sites (tertiary alicyclic amines) is 1. The molecule has 3 aromatic rings. The van der Waals surface area contributed by atoms with E-state index in [0.29, 0.717) is 90.1 Å². The molecule has 1 aromatic carbocycles. The molecule has 2 aromatic heterocycles. The summed E-state index contributed by atoms with van der Waals surface area (Å²) in [5.74, 6) is 2.32. The molecule has 39 heavy (non-hydrogen) atoms. The second-order valence-corrected chi connectivity index (χ2v) is 11.1. The Morgan fingerprint density at radius 3 is 2.72 bits per heavy atom. The number of amides is 2. The zero-order valence-electron chi connectivity index (χ0n) is 21.6. The van der Waals surface area contributed by atoms with Gasteiger partial charge in [0.2, 0.25) is 6.79 Å². The number of nitrogens with zero attached hydrogens (tertiary/aromatic N) is 3. The van der Waals surface area contributed by atoms with Crippen LogP contribution in [0.2, 0.25) is 0 Å². The van der Waals surface area contributed by atoms with Crippen molar-refractivity contribution in [3.8, 4) is 28.5 Å². The van der Waals surface area contributed by atoms with Gasteiger partial charge >= 0.3 is 0 Å². The fourth-order valence-electron chi connectivity index (χ4n) is 5.39. The molecule has 11 nitrogen and oxygen atoms in total. The van der Waals surface area contributed by atoms with Gasteiger partial charge in [0.05, 0.1) is 23.3 Å². The first kappa shape index (κ1) is 24.2. The predicted octanol–water partition coefficient (Wildman–Crippen LogP) is 2.64. The molecule has 2 aliphatic heterocycles. The standard InChI is InChI=1S/C28H31N5O6/c34-26(30-11-16-5-9-33(10-6-16)27(35)28(36)7-8-28)18-12-29-24-22(18)31-14-32-23(24)21-19(37-13-17-1-2-17)3-4-20-25(21)39-15-38-20/h3-4,12,14,16-17,29,36H,1-2,5-11,13,15H2,(H,30,34). The fraction of sp³-hybridized carbons (Fsp3) is 0.500. The van der Waals surface area contributed by atoms with Crippen LogP contribution in [0.5, 0.6) is 17.2 Å². The minimum absolute atomic E-state index is 0.120. The number of aromatic nitrogens is 3. The Morgan fingerprint density at radius 2 is 1.95 bits per heavy atom. The van der Waals surface area contributed by atoms with E-state index in [1.54, 1.807) is 11.1 Å². The van der Waals surface area contributed by atoms with Crippen molar-refractivity contribution < 1.29 is 28.9 Å². The normalized spacial score (nSPS) is 19.8. The SMILES string of the molecule is O=C(NCC1CCN(C(=O)C2(O)CC2)CC1)c1c[nH]c2c(-c3c(OCC4CC4)ccc4c3OCO4)ncnc12. The number of hydrogen-bond donors (Lipinski definition) is 3. The molecule has 3 N–H and O–H groups in total. The van der Waals surface area contributed by atoms with Crippen LogP contribution in [0.25, 0.3) is 22.3 Å². The molecular weight excluding hydrogens is 502 g/mol. The Labute approximate surface area is 224 Å². The molecule has 0 atom stereocenters. The summed E-state index contributed by atoms with van der Waals surface area (Å²) in [4.78, 5) is 39.5. The summed E-state index contributed by atoms with van der Waals surface area (Å²) in [5, 5.41) is 13.2. The number of aliphatic hydroxyl groups is 1. The number of H-pyrrole nitrogens is 1. The van der Waals surface area contributed by atoms with Crippen molar-refractivity contribution in [2.75, 3.05) is 33.0 Å². The molecule has 0 unspecified atom stereocenters. The zero-order valence-corrected chi connectivity index (χ0v) is 21.6. The summed E-state index contributed by atoms with van der Waals surface area (Å²) in [7, 11) is 0. The second-order valence-electron chi connectivity index (χ2n) is 11.1. The summed E-state index contributed by atoms with van der Waals surface area (Å²) in [6.45, 7) is 2.46. The topological polar surface area (TPSA) is 139 Å². The summed E-state index contributed by atoms with van der Waals surface area (Å²) in [6, 6.07) is 3.72. The van der Waals surface area contributed by atoms with Crippen LogP contribution in [0, 0.1) is 11.8 Å². The van der Waals surface area contributed by atoms with Crippen LogP contribution in [0.4, 0.5) is 0 Å². The Balaban J connectivity index is 1.08. The Hall–Kier alpha value is -3.86. The second kappa shape index (κ2) is 9.41. The zero-order chi connectivity index (χ0) is 26.6. The van der Waals surface area contributed by atoms with Crippen LogP contribution in [0.3, 0.4) is 0 Å². The largest absolute Gasteiger partial charge is 0.492 e. The van der Waals surface area contributed by atoms with E-state index in [9.17, 15) is 14.7 Å². The van der Waals surface area contributed by atoms with Crippen LogP contribution in [0.1, 0.15) is 48.9 Å². The van der Waals surface area contributed by atoms with E-state index in [4.69, 9.17) is 14.2 Å². The Kier molecular flexibility index (Phi) is 5.84. The van der Waals surface area contributed by atoms with Crippen LogP contribution >= 0.6 is 0 Å². The quantitative estimate of drug-likeness (QED) is 0.402. The minimum Gasteiger partial charge on any atom is -0.492 e. The van der Waals surface area contributed by atoms with E-state index in [2.05, 4.69) is 20.3 Å². The fourth-order valence-corrected chi connectivity index (χ4v) is 5.39. The number of nitrogens with one attached hydrogen (secondary N) is 2. The maximum absolute atomic E-state index is 13.2. The number of hydrogen-bond acceptors (Lipinski definition) is 8. The van der Waals surface area contributed by atoms with Crippen LogP contribution in [-0.4, -0.2) is 75.4 Å². The van der Waals surface area contributed by atoms with Crippen molar-refractivity contribution in [2.24, 2.45) is 11.8 Å². The van der Waals surface area contributed by atoms with Crippen molar-refractivity contribution in [2.45, 2.75) is 44.1 Å². The molecule has 2 saturated carbocycles. The first-order valence-electron chi connectivity index (χ1n) is 13.7. The molecule has 2 aliphatic carbocycles. The first-order valence-corrected chi connectivity index (χ1v) is 13.7. The van der Waals surface area contributed by atoms with E-state index in [1.807, 2.05) is 12.1 Å². The number of piperidine rings is 1. The van der Waals surface area contributed by atoms with Gasteiger partial charge in [-0.1, -0.05) is 0 Å². The third kappa shape index (κ3) is 4.54. The Bertz CT molecular complexity index is 1440. The molecule has 11 heteroatoms. The van der Waals surface area contributed by atoms with E-state index >= 15 is 0 Å². The minimum atomic E-state index is -1.12. The molecule has 0 radical (unpaired) electrons. The van der Waals surface area contributed by atoms with Crippen molar-refractivity contribution in [3.05, 3.63) is 30.2 Å². The third-order valence-electron chi connectivity index (χ3n) is 8.19. The first-order chi connectivity index (χ1) is 19.0. The van der Waals surface area contributed by atoms with Crippen molar-refractivity contribution in [3.63, 3.8) is 0 Å². The van der Waals surface area contributed by atoms with Gasteiger partial charge in [-0.15, -0.1) is 0 Å². The predicted molar refractivity (Wildman–Crippen MR) is 139 cm³/mol. The molecule has 2 amide bonds. The number of ether oxygens (including phenoxy) is 3. The highest BCUT2D eigenvalue weighted by molar-refractivity contribution is 6.08. The smallest absolute Gasteiger partial charge is 0.255 e. The van der Waals surface area contributed by atoms with Gasteiger partial charge in [0.15, 0.2) is 11.5 Å². The molecular formula is C28H31N5O6. The van der Waals surface area contributed by atoms with Gasteiger partial charge in [-0.3, -0.25) is 9.59 Å². The molecule has 0 bridgehead atoms. The maximum atomic E-state index is 13.2. The van der Waals surface area contributed by atoms with Crippen LogP contribution in [-0.2, 0) is 4.79 Å². The Morgan fingerprint density at radius 1 is 1.13 bits per heavy atom.